The predicted octanol–water partition coefficient (Wildman–Crippen LogP) is 14.2. The van der Waals surface area contributed by atoms with E-state index in [1.165, 1.54) is 55.7 Å². The summed E-state index contributed by atoms with van der Waals surface area (Å²) in [4.78, 5) is 4.91. The van der Waals surface area contributed by atoms with Gasteiger partial charge in [-0.25, -0.2) is 0 Å². The van der Waals surface area contributed by atoms with Gasteiger partial charge in [-0.3, -0.25) is 0 Å². The molecule has 0 amide bonds. The second-order valence-corrected chi connectivity index (χ2v) is 16.0. The smallest absolute Gasteiger partial charge is 0.0539 e. The Balaban J connectivity index is 1.17. The molecule has 2 nitrogen and oxygen atoms in total. The van der Waals surface area contributed by atoms with Crippen LogP contribution in [0.2, 0.25) is 0 Å². The fraction of sp³-hybridized carbons (Fsp3) is 0.170. The molecule has 0 aliphatic heterocycles. The molecular formula is C53H48N2. The molecule has 0 heterocycles. The highest BCUT2D eigenvalue weighted by Crippen LogP contribution is 2.53. The maximum atomic E-state index is 4.11. The van der Waals surface area contributed by atoms with E-state index in [0.717, 1.165) is 22.6 Å². The van der Waals surface area contributed by atoms with Crippen LogP contribution in [0.15, 0.2) is 194 Å². The molecule has 0 bridgehead atoms. The summed E-state index contributed by atoms with van der Waals surface area (Å²) in [6.07, 6.45) is 24.7. The zero-order valence-electron chi connectivity index (χ0n) is 32.3. The third-order valence-corrected chi connectivity index (χ3v) is 12.3. The fourth-order valence-electron chi connectivity index (χ4n) is 9.21. The maximum Gasteiger partial charge on any atom is 0.0539 e. The minimum atomic E-state index is -0.234. The Kier molecular flexibility index (Phi) is 8.58. The van der Waals surface area contributed by atoms with Crippen LogP contribution in [0.3, 0.4) is 0 Å². The molecule has 0 fully saturated rings. The summed E-state index contributed by atoms with van der Waals surface area (Å²) in [6, 6.07) is 38.3. The van der Waals surface area contributed by atoms with Crippen LogP contribution in [-0.4, -0.2) is 0 Å². The topological polar surface area (TPSA) is 6.48 Å². The second kappa shape index (κ2) is 13.6. The van der Waals surface area contributed by atoms with E-state index in [9.17, 15) is 0 Å². The van der Waals surface area contributed by atoms with Crippen LogP contribution in [0, 0.1) is 23.7 Å². The van der Waals surface area contributed by atoms with Crippen molar-refractivity contribution in [1.82, 2.24) is 0 Å². The Morgan fingerprint density at radius 1 is 0.636 bits per heavy atom. The molecule has 0 radical (unpaired) electrons. The minimum absolute atomic E-state index is 0.234. The first kappa shape index (κ1) is 34.6. The van der Waals surface area contributed by atoms with Crippen molar-refractivity contribution in [2.24, 2.45) is 23.7 Å². The average molecular weight is 713 g/mol. The van der Waals surface area contributed by atoms with Gasteiger partial charge in [0, 0.05) is 51.1 Å². The van der Waals surface area contributed by atoms with Gasteiger partial charge in [0.05, 0.1) is 5.69 Å². The molecule has 5 aromatic rings. The lowest BCUT2D eigenvalue weighted by Crippen LogP contribution is -2.25. The largest absolute Gasteiger partial charge is 0.310 e. The molecule has 0 N–H and O–H groups in total. The van der Waals surface area contributed by atoms with Gasteiger partial charge in [0.1, 0.15) is 0 Å². The van der Waals surface area contributed by atoms with Crippen LogP contribution < -0.4 is 9.80 Å². The number of nitrogens with zero attached hydrogens (tertiary/aromatic N) is 2. The van der Waals surface area contributed by atoms with Gasteiger partial charge >= 0.3 is 0 Å². The third-order valence-electron chi connectivity index (χ3n) is 12.3. The van der Waals surface area contributed by atoms with Crippen LogP contribution in [0.4, 0.5) is 22.7 Å². The van der Waals surface area contributed by atoms with Crippen LogP contribution in [0.5, 0.6) is 0 Å². The molecule has 9 rings (SSSR count). The molecule has 4 aliphatic carbocycles. The molecule has 0 saturated heterocycles. The average Bonchev–Trinajstić information content (AvgIpc) is 3.44. The Morgan fingerprint density at radius 2 is 1.33 bits per heavy atom. The summed E-state index contributed by atoms with van der Waals surface area (Å²) < 4.78 is 0. The van der Waals surface area contributed by atoms with Gasteiger partial charge in [0.25, 0.3) is 0 Å². The van der Waals surface area contributed by atoms with Crippen molar-refractivity contribution >= 4 is 39.6 Å². The molecule has 270 valence electrons. The van der Waals surface area contributed by atoms with Crippen molar-refractivity contribution in [2.75, 3.05) is 9.80 Å². The molecule has 4 unspecified atom stereocenters. The van der Waals surface area contributed by atoms with Gasteiger partial charge in [-0.15, -0.1) is 6.58 Å². The molecule has 4 aliphatic rings. The lowest BCUT2D eigenvalue weighted by Gasteiger charge is -2.35. The first-order valence-electron chi connectivity index (χ1n) is 19.7. The zero-order valence-corrected chi connectivity index (χ0v) is 32.3. The maximum absolute atomic E-state index is 4.11. The number of benzene rings is 5. The van der Waals surface area contributed by atoms with Crippen molar-refractivity contribution in [1.29, 1.82) is 0 Å². The van der Waals surface area contributed by atoms with Crippen LogP contribution in [0.1, 0.15) is 44.4 Å². The van der Waals surface area contributed by atoms with Crippen LogP contribution in [-0.2, 0) is 5.41 Å². The predicted molar refractivity (Wildman–Crippen MR) is 236 cm³/mol. The number of anilines is 4. The SMILES string of the molecule is C=Cc1ccc(N(C2=C3C=CC=CC3C(C)C=C2)c2ccc3c(c2)C(C)(C)c2cc(N(C4=CC(C)C(C=C)C=C4)c4cccc5ccccc45)ccc2-3)cc1. The molecule has 0 spiro atoms. The van der Waals surface area contributed by atoms with E-state index in [1.54, 1.807) is 0 Å². The quantitative estimate of drug-likeness (QED) is 0.148. The molecule has 5 aromatic carbocycles. The lowest BCUT2D eigenvalue weighted by atomic mass is 9.79. The first-order valence-corrected chi connectivity index (χ1v) is 19.7. The fourth-order valence-corrected chi connectivity index (χ4v) is 9.21. The van der Waals surface area contributed by atoms with Gasteiger partial charge in [0.15, 0.2) is 0 Å². The van der Waals surface area contributed by atoms with Crippen LogP contribution >= 0.6 is 0 Å². The van der Waals surface area contributed by atoms with Crippen molar-refractivity contribution in [2.45, 2.75) is 33.1 Å². The van der Waals surface area contributed by atoms with Gasteiger partial charge in [0.2, 0.25) is 0 Å². The lowest BCUT2D eigenvalue weighted by molar-refractivity contribution is 0.576. The van der Waals surface area contributed by atoms with E-state index < -0.39 is 0 Å². The highest BCUT2D eigenvalue weighted by atomic mass is 15.2. The van der Waals surface area contributed by atoms with E-state index in [2.05, 4.69) is 215 Å². The number of allylic oxidation sites excluding steroid dienone is 11. The minimum Gasteiger partial charge on any atom is -0.310 e. The van der Waals surface area contributed by atoms with E-state index in [1.807, 2.05) is 6.08 Å². The van der Waals surface area contributed by atoms with Gasteiger partial charge in [-0.1, -0.05) is 150 Å². The number of hydrogen-bond donors (Lipinski definition) is 0. The van der Waals surface area contributed by atoms with Gasteiger partial charge < -0.3 is 9.80 Å². The van der Waals surface area contributed by atoms with E-state index >= 15 is 0 Å². The van der Waals surface area contributed by atoms with Crippen molar-refractivity contribution in [3.63, 3.8) is 0 Å². The summed E-state index contributed by atoms with van der Waals surface area (Å²) in [5.41, 5.74) is 14.6. The van der Waals surface area contributed by atoms with Gasteiger partial charge in [-0.05, 0) is 105 Å². The number of hydrogen-bond acceptors (Lipinski definition) is 2. The Hall–Kier alpha value is -6.12. The highest BCUT2D eigenvalue weighted by molar-refractivity contribution is 5.98. The standard InChI is InChI=1S/C53H48N2/c1-7-37-21-24-40(25-22-37)54(52-31-20-35(3)44-16-11-12-18-48(44)52)42-27-29-46-47-30-28-43(34-50(47)53(5,6)49(46)33-42)55(41-26-23-38(8-2)36(4)32-41)51-19-13-15-39-14-9-10-17-45(39)51/h7-36,38,44H,1-2H2,3-6H3. The van der Waals surface area contributed by atoms with Crippen LogP contribution in [0.25, 0.3) is 28.0 Å². The third kappa shape index (κ3) is 5.79. The van der Waals surface area contributed by atoms with Crippen molar-refractivity contribution in [3.05, 3.63) is 211 Å². The Morgan fingerprint density at radius 3 is 2.04 bits per heavy atom. The molecule has 0 aromatic heterocycles. The summed E-state index contributed by atoms with van der Waals surface area (Å²) in [5.74, 6) is 1.44. The summed E-state index contributed by atoms with van der Waals surface area (Å²) in [6.45, 7) is 17.5. The van der Waals surface area contributed by atoms with E-state index in [4.69, 9.17) is 0 Å². The van der Waals surface area contributed by atoms with Crippen molar-refractivity contribution in [3.8, 4) is 11.1 Å². The van der Waals surface area contributed by atoms with E-state index in [0.29, 0.717) is 23.7 Å². The van der Waals surface area contributed by atoms with E-state index in [-0.39, 0.29) is 5.41 Å². The molecular weight excluding hydrogens is 665 g/mol. The first-order chi connectivity index (χ1) is 26.8. The molecule has 4 atom stereocenters. The molecule has 2 heteroatoms. The number of rotatable bonds is 8. The zero-order chi connectivity index (χ0) is 37.8. The second-order valence-electron chi connectivity index (χ2n) is 16.0. The Bertz CT molecular complexity index is 2540. The summed E-state index contributed by atoms with van der Waals surface area (Å²) in [7, 11) is 0. The number of fused-ring (bicyclic) bond motifs is 5. The highest BCUT2D eigenvalue weighted by Gasteiger charge is 2.37. The summed E-state index contributed by atoms with van der Waals surface area (Å²) >= 11 is 0. The summed E-state index contributed by atoms with van der Waals surface area (Å²) in [5, 5.41) is 2.47. The molecule has 0 saturated carbocycles. The van der Waals surface area contributed by atoms with Crippen molar-refractivity contribution < 1.29 is 0 Å². The van der Waals surface area contributed by atoms with Gasteiger partial charge in [-0.2, -0.15) is 0 Å². The normalized spacial score (nSPS) is 21.5. The monoisotopic (exact) mass is 712 g/mol. The molecule has 55 heavy (non-hydrogen) atoms. The Labute approximate surface area is 326 Å².